The summed E-state index contributed by atoms with van der Waals surface area (Å²) in [5.74, 6) is -2.84. The molecule has 6 atom stereocenters. The fourth-order valence-corrected chi connectivity index (χ4v) is 7.50. The standard InChI is InChI=1S/C27H35NO8/c1-14(29)35-17-11-26(2)16(7-8-18(26)30)20-22(17)27(3)19(13-34-4)36-25(33)15(12-28-9-5-6-10-28)21(27)24(32)23(20)31/h16-19,30H,5-13H2,1-4H3. The molecule has 0 aromatic rings. The Kier molecular flexibility index (Phi) is 6.24. The number of allylic oxidation sites excluding steroid dienone is 1. The molecule has 0 radical (unpaired) electrons. The summed E-state index contributed by atoms with van der Waals surface area (Å²) in [6.07, 6.45) is 0.954. The molecule has 5 rings (SSSR count). The fourth-order valence-electron chi connectivity index (χ4n) is 7.50. The summed E-state index contributed by atoms with van der Waals surface area (Å²) in [7, 11) is 1.49. The van der Waals surface area contributed by atoms with Crippen LogP contribution in [0.2, 0.25) is 0 Å². The zero-order valence-corrected chi connectivity index (χ0v) is 21.4. The van der Waals surface area contributed by atoms with Crippen molar-refractivity contribution < 1.29 is 38.5 Å². The van der Waals surface area contributed by atoms with Gasteiger partial charge in [0.05, 0.1) is 23.7 Å². The Morgan fingerprint density at radius 3 is 2.47 bits per heavy atom. The van der Waals surface area contributed by atoms with Crippen LogP contribution in [0.4, 0.5) is 0 Å². The summed E-state index contributed by atoms with van der Waals surface area (Å²) in [4.78, 5) is 55.4. The highest BCUT2D eigenvalue weighted by atomic mass is 16.6. The monoisotopic (exact) mass is 501 g/mol. The number of hydrogen-bond donors (Lipinski definition) is 1. The molecule has 0 spiro atoms. The van der Waals surface area contributed by atoms with Crippen molar-refractivity contribution in [1.82, 2.24) is 4.90 Å². The minimum Gasteiger partial charge on any atom is -0.458 e. The number of carbonyl (C=O) groups excluding carboxylic acids is 4. The van der Waals surface area contributed by atoms with Crippen LogP contribution in [0.3, 0.4) is 0 Å². The number of carbonyl (C=O) groups is 4. The number of fused-ring (bicyclic) bond motifs is 4. The summed E-state index contributed by atoms with van der Waals surface area (Å²) < 4.78 is 17.2. The zero-order chi connectivity index (χ0) is 26.0. The van der Waals surface area contributed by atoms with E-state index in [1.54, 1.807) is 0 Å². The first kappa shape index (κ1) is 25.3. The lowest BCUT2D eigenvalue weighted by atomic mass is 9.52. The van der Waals surface area contributed by atoms with Crippen LogP contribution in [0.5, 0.6) is 0 Å². The smallest absolute Gasteiger partial charge is 0.336 e. The molecule has 3 aliphatic carbocycles. The maximum Gasteiger partial charge on any atom is 0.336 e. The topological polar surface area (TPSA) is 119 Å². The van der Waals surface area contributed by atoms with Crippen molar-refractivity contribution in [2.45, 2.75) is 71.2 Å². The summed E-state index contributed by atoms with van der Waals surface area (Å²) >= 11 is 0. The average molecular weight is 502 g/mol. The number of esters is 2. The number of ether oxygens (including phenoxy) is 3. The van der Waals surface area contributed by atoms with E-state index in [0.29, 0.717) is 30.4 Å². The maximum atomic E-state index is 13.9. The van der Waals surface area contributed by atoms with E-state index in [2.05, 4.69) is 4.90 Å². The molecule has 6 unspecified atom stereocenters. The minimum absolute atomic E-state index is 0.0122. The SMILES string of the molecule is COCC1OC(=O)C(CN2CCCC2)=C2C(=O)C(=O)C3=C(C(OC(C)=O)CC4(C)C(O)CCC34)C21C. The molecule has 1 saturated carbocycles. The molecule has 2 aliphatic heterocycles. The third kappa shape index (κ3) is 3.54. The molecule has 36 heavy (non-hydrogen) atoms. The molecule has 1 N–H and O–H groups in total. The van der Waals surface area contributed by atoms with Crippen LogP contribution in [-0.2, 0) is 33.4 Å². The van der Waals surface area contributed by atoms with Crippen molar-refractivity contribution >= 4 is 23.5 Å². The maximum absolute atomic E-state index is 13.9. The minimum atomic E-state index is -1.20. The van der Waals surface area contributed by atoms with E-state index < -0.39 is 52.6 Å². The lowest BCUT2D eigenvalue weighted by molar-refractivity contribution is -0.162. The van der Waals surface area contributed by atoms with E-state index in [4.69, 9.17) is 14.2 Å². The Balaban J connectivity index is 1.77. The van der Waals surface area contributed by atoms with Gasteiger partial charge < -0.3 is 19.3 Å². The highest BCUT2D eigenvalue weighted by Gasteiger charge is 2.65. The predicted octanol–water partition coefficient (Wildman–Crippen LogP) is 1.52. The van der Waals surface area contributed by atoms with Gasteiger partial charge in [-0.2, -0.15) is 0 Å². The van der Waals surface area contributed by atoms with Crippen molar-refractivity contribution in [2.75, 3.05) is 33.4 Å². The predicted molar refractivity (Wildman–Crippen MR) is 127 cm³/mol. The first-order valence-electron chi connectivity index (χ1n) is 12.9. The Morgan fingerprint density at radius 2 is 1.83 bits per heavy atom. The van der Waals surface area contributed by atoms with Gasteiger partial charge in [0.1, 0.15) is 12.2 Å². The van der Waals surface area contributed by atoms with Crippen LogP contribution in [0.15, 0.2) is 22.3 Å². The van der Waals surface area contributed by atoms with Crippen LogP contribution >= 0.6 is 0 Å². The second kappa shape index (κ2) is 8.89. The van der Waals surface area contributed by atoms with Gasteiger partial charge in [-0.3, -0.25) is 19.3 Å². The number of aliphatic hydroxyl groups excluding tert-OH is 1. The third-order valence-corrected chi connectivity index (χ3v) is 9.28. The molecule has 5 aliphatic rings. The van der Waals surface area contributed by atoms with Gasteiger partial charge in [0.15, 0.2) is 0 Å². The van der Waals surface area contributed by atoms with Crippen LogP contribution in [-0.4, -0.2) is 85.2 Å². The summed E-state index contributed by atoms with van der Waals surface area (Å²) in [6.45, 7) is 6.85. The summed E-state index contributed by atoms with van der Waals surface area (Å²) in [5.41, 5.74) is -0.709. The Morgan fingerprint density at radius 1 is 1.14 bits per heavy atom. The zero-order valence-electron chi connectivity index (χ0n) is 21.4. The molecule has 0 aromatic heterocycles. The molecule has 9 heteroatoms. The molecule has 1 saturated heterocycles. The fraction of sp³-hybridized carbons (Fsp3) is 0.704. The van der Waals surface area contributed by atoms with Gasteiger partial charge in [-0.15, -0.1) is 0 Å². The van der Waals surface area contributed by atoms with Crippen molar-refractivity contribution in [2.24, 2.45) is 16.7 Å². The lowest BCUT2D eigenvalue weighted by Gasteiger charge is -2.54. The van der Waals surface area contributed by atoms with Gasteiger partial charge >= 0.3 is 11.9 Å². The van der Waals surface area contributed by atoms with E-state index in [9.17, 15) is 24.3 Å². The van der Waals surface area contributed by atoms with Gasteiger partial charge in [-0.05, 0) is 63.6 Å². The quantitative estimate of drug-likeness (QED) is 0.442. The molecule has 2 fully saturated rings. The number of Topliss-reactive ketones (excluding diaryl/α,β-unsaturated/α-hetero) is 2. The van der Waals surface area contributed by atoms with E-state index in [0.717, 1.165) is 25.9 Å². The van der Waals surface area contributed by atoms with E-state index in [1.807, 2.05) is 13.8 Å². The number of hydrogen-bond acceptors (Lipinski definition) is 9. The molecule has 0 bridgehead atoms. The molecule has 2 heterocycles. The summed E-state index contributed by atoms with van der Waals surface area (Å²) in [5, 5.41) is 10.9. The molecule has 0 aromatic carbocycles. The Bertz CT molecular complexity index is 1090. The molecule has 0 amide bonds. The van der Waals surface area contributed by atoms with Crippen LogP contribution in [0.25, 0.3) is 0 Å². The van der Waals surface area contributed by atoms with Gasteiger partial charge in [-0.1, -0.05) is 6.92 Å². The van der Waals surface area contributed by atoms with E-state index >= 15 is 0 Å². The number of likely N-dealkylation sites (tertiary alicyclic amines) is 1. The number of methoxy groups -OCH3 is 1. The second-order valence-electron chi connectivity index (χ2n) is 11.3. The van der Waals surface area contributed by atoms with Gasteiger partial charge in [0.25, 0.3) is 0 Å². The normalized spacial score (nSPS) is 38.6. The van der Waals surface area contributed by atoms with Crippen molar-refractivity contribution in [3.8, 4) is 0 Å². The second-order valence-corrected chi connectivity index (χ2v) is 11.3. The highest BCUT2D eigenvalue weighted by Crippen LogP contribution is 2.62. The third-order valence-electron chi connectivity index (χ3n) is 9.28. The van der Waals surface area contributed by atoms with Gasteiger partial charge in [-0.25, -0.2) is 4.79 Å². The molecular weight excluding hydrogens is 466 g/mol. The average Bonchev–Trinajstić information content (AvgIpc) is 3.42. The number of aliphatic hydroxyl groups is 1. The number of rotatable bonds is 5. The number of nitrogens with zero attached hydrogens (tertiary/aromatic N) is 1. The largest absolute Gasteiger partial charge is 0.458 e. The molecule has 196 valence electrons. The first-order chi connectivity index (χ1) is 17.0. The van der Waals surface area contributed by atoms with E-state index in [1.165, 1.54) is 14.0 Å². The molecular formula is C27H35NO8. The van der Waals surface area contributed by atoms with Crippen molar-refractivity contribution in [3.63, 3.8) is 0 Å². The Labute approximate surface area is 210 Å². The number of cyclic esters (lactones) is 1. The first-order valence-corrected chi connectivity index (χ1v) is 12.9. The van der Waals surface area contributed by atoms with Crippen molar-refractivity contribution in [3.05, 3.63) is 22.3 Å². The van der Waals surface area contributed by atoms with Crippen LogP contribution < -0.4 is 0 Å². The van der Waals surface area contributed by atoms with Crippen molar-refractivity contribution in [1.29, 1.82) is 0 Å². The Hall–Kier alpha value is -2.36. The van der Waals surface area contributed by atoms with E-state index in [-0.39, 0.29) is 30.2 Å². The van der Waals surface area contributed by atoms with Gasteiger partial charge in [0, 0.05) is 37.1 Å². The lowest BCUT2D eigenvalue weighted by Crippen LogP contribution is -2.59. The van der Waals surface area contributed by atoms with Crippen LogP contribution in [0.1, 0.15) is 52.9 Å². The highest BCUT2D eigenvalue weighted by molar-refractivity contribution is 6.51. The van der Waals surface area contributed by atoms with Crippen LogP contribution in [0, 0.1) is 16.7 Å². The van der Waals surface area contributed by atoms with Gasteiger partial charge in [0.2, 0.25) is 11.6 Å². The molecule has 9 nitrogen and oxygen atoms in total. The summed E-state index contributed by atoms with van der Waals surface area (Å²) in [6, 6.07) is 0. The number of ketones is 2.